The fourth-order valence-corrected chi connectivity index (χ4v) is 4.08. The Morgan fingerprint density at radius 1 is 1.16 bits per heavy atom. The average molecular weight is 264 g/mol. The molecule has 1 amide bonds. The highest BCUT2D eigenvalue weighted by Gasteiger charge is 2.38. The number of nitrogens with zero attached hydrogens (tertiary/aromatic N) is 1. The highest BCUT2D eigenvalue weighted by atomic mass is 16.1. The quantitative estimate of drug-likeness (QED) is 0.845. The standard InChI is InChI=1S/C16H28N2O/c1-11-5-16(6-11)18-9-14(7-13-3-4-13)8-15(10-18)17-12(2)19/h11,13-16H,3-10H2,1-2H3,(H,17,19). The van der Waals surface area contributed by atoms with Crippen molar-refractivity contribution >= 4 is 5.91 Å². The summed E-state index contributed by atoms with van der Waals surface area (Å²) in [5.74, 6) is 2.87. The molecular formula is C16H28N2O. The maximum Gasteiger partial charge on any atom is 0.217 e. The van der Waals surface area contributed by atoms with E-state index in [9.17, 15) is 4.79 Å². The van der Waals surface area contributed by atoms with Crippen molar-refractivity contribution in [3.05, 3.63) is 0 Å². The zero-order valence-electron chi connectivity index (χ0n) is 12.4. The first-order valence-corrected chi connectivity index (χ1v) is 8.11. The Labute approximate surface area is 117 Å². The summed E-state index contributed by atoms with van der Waals surface area (Å²) >= 11 is 0. The number of piperidine rings is 1. The largest absolute Gasteiger partial charge is 0.352 e. The van der Waals surface area contributed by atoms with Gasteiger partial charge in [0.15, 0.2) is 0 Å². The predicted molar refractivity (Wildman–Crippen MR) is 76.8 cm³/mol. The molecule has 0 aromatic heterocycles. The Balaban J connectivity index is 1.57. The van der Waals surface area contributed by atoms with E-state index in [1.165, 1.54) is 45.1 Å². The van der Waals surface area contributed by atoms with Gasteiger partial charge >= 0.3 is 0 Å². The lowest BCUT2D eigenvalue weighted by molar-refractivity contribution is -0.120. The Hall–Kier alpha value is -0.570. The Morgan fingerprint density at radius 3 is 2.47 bits per heavy atom. The van der Waals surface area contributed by atoms with Crippen molar-refractivity contribution in [2.75, 3.05) is 13.1 Å². The van der Waals surface area contributed by atoms with Crippen LogP contribution in [0.25, 0.3) is 0 Å². The van der Waals surface area contributed by atoms with Crippen molar-refractivity contribution in [3.63, 3.8) is 0 Å². The molecule has 3 aliphatic rings. The molecule has 108 valence electrons. The van der Waals surface area contributed by atoms with Crippen LogP contribution in [-0.4, -0.2) is 36.0 Å². The van der Waals surface area contributed by atoms with Gasteiger partial charge in [-0.05, 0) is 43.4 Å². The number of hydrogen-bond acceptors (Lipinski definition) is 2. The van der Waals surface area contributed by atoms with Crippen molar-refractivity contribution in [3.8, 4) is 0 Å². The van der Waals surface area contributed by atoms with Gasteiger partial charge in [0.1, 0.15) is 0 Å². The van der Waals surface area contributed by atoms with Gasteiger partial charge in [-0.15, -0.1) is 0 Å². The van der Waals surface area contributed by atoms with Crippen LogP contribution in [0.1, 0.15) is 52.4 Å². The smallest absolute Gasteiger partial charge is 0.217 e. The van der Waals surface area contributed by atoms with Gasteiger partial charge in [-0.3, -0.25) is 9.69 Å². The van der Waals surface area contributed by atoms with Crippen LogP contribution in [0.2, 0.25) is 0 Å². The van der Waals surface area contributed by atoms with Gasteiger partial charge in [-0.25, -0.2) is 0 Å². The first kappa shape index (κ1) is 13.4. The summed E-state index contributed by atoms with van der Waals surface area (Å²) < 4.78 is 0. The third-order valence-corrected chi connectivity index (χ3v) is 5.20. The van der Waals surface area contributed by atoms with Gasteiger partial charge < -0.3 is 5.32 Å². The number of nitrogens with one attached hydrogen (secondary N) is 1. The third kappa shape index (κ3) is 3.50. The molecule has 19 heavy (non-hydrogen) atoms. The summed E-state index contributed by atoms with van der Waals surface area (Å²) in [5, 5.41) is 3.17. The fourth-order valence-electron chi connectivity index (χ4n) is 4.08. The minimum atomic E-state index is 0.138. The van der Waals surface area contributed by atoms with Crippen LogP contribution in [0, 0.1) is 17.8 Å². The minimum absolute atomic E-state index is 0.138. The first-order valence-electron chi connectivity index (χ1n) is 8.11. The van der Waals surface area contributed by atoms with Gasteiger partial charge in [0.2, 0.25) is 5.91 Å². The van der Waals surface area contributed by atoms with E-state index >= 15 is 0 Å². The number of likely N-dealkylation sites (tertiary alicyclic amines) is 1. The molecule has 3 rings (SSSR count). The third-order valence-electron chi connectivity index (χ3n) is 5.20. The Morgan fingerprint density at radius 2 is 1.89 bits per heavy atom. The van der Waals surface area contributed by atoms with Crippen LogP contribution in [0.5, 0.6) is 0 Å². The van der Waals surface area contributed by atoms with Crippen LogP contribution in [0.15, 0.2) is 0 Å². The monoisotopic (exact) mass is 264 g/mol. The molecule has 0 spiro atoms. The van der Waals surface area contributed by atoms with Crippen LogP contribution in [0.4, 0.5) is 0 Å². The van der Waals surface area contributed by atoms with E-state index in [2.05, 4.69) is 17.1 Å². The van der Waals surface area contributed by atoms with Crippen molar-refractivity contribution < 1.29 is 4.79 Å². The highest BCUT2D eigenvalue weighted by Crippen LogP contribution is 2.40. The Kier molecular flexibility index (Phi) is 3.84. The molecule has 0 aromatic carbocycles. The van der Waals surface area contributed by atoms with E-state index in [0.717, 1.165) is 30.3 Å². The summed E-state index contributed by atoms with van der Waals surface area (Å²) in [5.41, 5.74) is 0. The van der Waals surface area contributed by atoms with E-state index in [4.69, 9.17) is 0 Å². The molecule has 1 heterocycles. The second kappa shape index (κ2) is 5.43. The number of carbonyl (C=O) groups excluding carboxylic acids is 1. The van der Waals surface area contributed by atoms with Gasteiger partial charge in [0.25, 0.3) is 0 Å². The van der Waals surface area contributed by atoms with Crippen molar-refractivity contribution in [2.24, 2.45) is 17.8 Å². The second-order valence-electron chi connectivity index (χ2n) is 7.36. The molecule has 2 saturated carbocycles. The highest BCUT2D eigenvalue weighted by molar-refractivity contribution is 5.73. The van der Waals surface area contributed by atoms with E-state index in [-0.39, 0.29) is 5.91 Å². The van der Waals surface area contributed by atoms with Gasteiger partial charge in [-0.1, -0.05) is 19.8 Å². The van der Waals surface area contributed by atoms with Crippen molar-refractivity contribution in [1.29, 1.82) is 0 Å². The summed E-state index contributed by atoms with van der Waals surface area (Å²) in [6.07, 6.45) is 8.22. The first-order chi connectivity index (χ1) is 9.10. The molecule has 3 nitrogen and oxygen atoms in total. The minimum Gasteiger partial charge on any atom is -0.352 e. The maximum absolute atomic E-state index is 11.3. The lowest BCUT2D eigenvalue weighted by Gasteiger charge is -2.47. The molecule has 1 aliphatic heterocycles. The van der Waals surface area contributed by atoms with Crippen molar-refractivity contribution in [2.45, 2.75) is 64.5 Å². The molecule has 2 aliphatic carbocycles. The molecule has 2 unspecified atom stereocenters. The summed E-state index contributed by atoms with van der Waals surface area (Å²) in [6, 6.07) is 1.19. The molecule has 1 N–H and O–H groups in total. The summed E-state index contributed by atoms with van der Waals surface area (Å²) in [6.45, 7) is 6.37. The fraction of sp³-hybridized carbons (Fsp3) is 0.938. The lowest BCUT2D eigenvalue weighted by atomic mass is 9.78. The normalized spacial score (nSPS) is 39.7. The van der Waals surface area contributed by atoms with E-state index in [1.54, 1.807) is 6.92 Å². The molecule has 3 fully saturated rings. The predicted octanol–water partition coefficient (Wildman–Crippen LogP) is 2.41. The van der Waals surface area contributed by atoms with E-state index in [0.29, 0.717) is 6.04 Å². The zero-order chi connectivity index (χ0) is 13.4. The topological polar surface area (TPSA) is 32.3 Å². The van der Waals surface area contributed by atoms with Gasteiger partial charge in [0.05, 0.1) is 0 Å². The SMILES string of the molecule is CC(=O)NC1CC(CC2CC2)CN(C2CC(C)C2)C1. The zero-order valence-corrected chi connectivity index (χ0v) is 12.4. The second-order valence-corrected chi connectivity index (χ2v) is 7.36. The summed E-state index contributed by atoms with van der Waals surface area (Å²) in [4.78, 5) is 14.0. The lowest BCUT2D eigenvalue weighted by Crippen LogP contribution is -2.56. The van der Waals surface area contributed by atoms with Crippen molar-refractivity contribution in [1.82, 2.24) is 10.2 Å². The van der Waals surface area contributed by atoms with Crippen LogP contribution < -0.4 is 5.32 Å². The molecule has 1 saturated heterocycles. The van der Waals surface area contributed by atoms with Gasteiger partial charge in [-0.2, -0.15) is 0 Å². The van der Waals surface area contributed by atoms with Crippen LogP contribution >= 0.6 is 0 Å². The number of hydrogen-bond donors (Lipinski definition) is 1. The molecule has 2 atom stereocenters. The van der Waals surface area contributed by atoms with Crippen LogP contribution in [0.3, 0.4) is 0 Å². The number of amides is 1. The van der Waals surface area contributed by atoms with Crippen LogP contribution in [-0.2, 0) is 4.79 Å². The molecule has 3 heteroatoms. The molecule has 0 radical (unpaired) electrons. The number of carbonyl (C=O) groups is 1. The average Bonchev–Trinajstić information content (AvgIpc) is 3.07. The Bertz CT molecular complexity index is 334. The molecular weight excluding hydrogens is 236 g/mol. The molecule has 0 aromatic rings. The number of rotatable bonds is 4. The van der Waals surface area contributed by atoms with E-state index < -0.39 is 0 Å². The summed E-state index contributed by atoms with van der Waals surface area (Å²) in [7, 11) is 0. The van der Waals surface area contributed by atoms with Gasteiger partial charge in [0, 0.05) is 32.1 Å². The van der Waals surface area contributed by atoms with E-state index in [1.807, 2.05) is 0 Å². The molecule has 0 bridgehead atoms. The maximum atomic E-state index is 11.3.